The van der Waals surface area contributed by atoms with Crippen LogP contribution in [0.4, 0.5) is 5.69 Å². The summed E-state index contributed by atoms with van der Waals surface area (Å²) in [4.78, 5) is 12.4. The van der Waals surface area contributed by atoms with Gasteiger partial charge in [-0.2, -0.15) is 0 Å². The highest BCUT2D eigenvalue weighted by Gasteiger charge is 2.21. The van der Waals surface area contributed by atoms with Crippen LogP contribution in [0.25, 0.3) is 0 Å². The van der Waals surface area contributed by atoms with Gasteiger partial charge in [-0.05, 0) is 70.4 Å². The number of anilines is 1. The maximum atomic E-state index is 12.3. The number of aryl methyl sites for hydroxylation is 3. The van der Waals surface area contributed by atoms with Gasteiger partial charge in [0.15, 0.2) is 0 Å². The van der Waals surface area contributed by atoms with Crippen LogP contribution >= 0.6 is 0 Å². The molecule has 2 aromatic rings. The molecule has 0 spiro atoms. The van der Waals surface area contributed by atoms with E-state index in [0.29, 0.717) is 12.8 Å². The molecule has 0 aliphatic carbocycles. The number of carbonyl (C=O) groups is 1. The third-order valence-corrected chi connectivity index (χ3v) is 5.74. The number of nitrogens with one attached hydrogen (secondary N) is 2. The summed E-state index contributed by atoms with van der Waals surface area (Å²) in [5, 5.41) is 2.92. The van der Waals surface area contributed by atoms with Crippen molar-refractivity contribution in [1.82, 2.24) is 4.72 Å². The van der Waals surface area contributed by atoms with Crippen molar-refractivity contribution in [1.29, 1.82) is 0 Å². The summed E-state index contributed by atoms with van der Waals surface area (Å²) in [6.07, 6.45) is 0.878. The highest BCUT2D eigenvalue weighted by Crippen LogP contribution is 2.17. The van der Waals surface area contributed by atoms with Gasteiger partial charge in [0, 0.05) is 17.6 Å². The Kier molecular flexibility index (Phi) is 6.44. The zero-order valence-corrected chi connectivity index (χ0v) is 17.4. The minimum atomic E-state index is -3.54. The first kappa shape index (κ1) is 21.1. The fourth-order valence-corrected chi connectivity index (χ4v) is 4.14. The molecule has 0 aliphatic heterocycles. The predicted octanol–water partition coefficient (Wildman–Crippen LogP) is 3.95. The Balaban J connectivity index is 1.96. The van der Waals surface area contributed by atoms with Crippen LogP contribution in [0, 0.1) is 13.8 Å². The average molecular weight is 389 g/mol. The first-order valence-corrected chi connectivity index (χ1v) is 10.4. The topological polar surface area (TPSA) is 75.3 Å². The fraction of sp³-hybridized carbons (Fsp3) is 0.381. The Morgan fingerprint density at radius 1 is 1.00 bits per heavy atom. The summed E-state index contributed by atoms with van der Waals surface area (Å²) in [6.45, 7) is 9.38. The molecular formula is C21H28N2O3S. The van der Waals surface area contributed by atoms with Crippen molar-refractivity contribution in [3.05, 3.63) is 59.2 Å². The van der Waals surface area contributed by atoms with E-state index in [1.165, 1.54) is 0 Å². The van der Waals surface area contributed by atoms with E-state index in [1.807, 2.05) is 32.0 Å². The minimum Gasteiger partial charge on any atom is -0.326 e. The maximum Gasteiger partial charge on any atom is 0.241 e. The van der Waals surface area contributed by atoms with E-state index in [1.54, 1.807) is 45.0 Å². The first-order valence-electron chi connectivity index (χ1n) is 8.96. The molecule has 2 N–H and O–H groups in total. The number of benzene rings is 2. The van der Waals surface area contributed by atoms with Crippen molar-refractivity contribution in [3.8, 4) is 0 Å². The van der Waals surface area contributed by atoms with Crippen LogP contribution in [-0.4, -0.2) is 19.9 Å². The van der Waals surface area contributed by atoms with Crippen molar-refractivity contribution in [3.63, 3.8) is 0 Å². The van der Waals surface area contributed by atoms with E-state index in [0.717, 1.165) is 22.4 Å². The molecule has 0 atom stereocenters. The zero-order chi connectivity index (χ0) is 20.2. The molecule has 0 aromatic heterocycles. The lowest BCUT2D eigenvalue weighted by Gasteiger charge is -2.20. The molecule has 0 saturated carbocycles. The Morgan fingerprint density at radius 3 is 2.19 bits per heavy atom. The molecule has 2 rings (SSSR count). The standard InChI is InChI=1S/C21H28N2O3S/c1-15-6-12-19(16(2)14-15)22-20(24)13-9-17-7-10-18(11-8-17)27(25,26)23-21(3,4)5/h6-8,10-12,14,23H,9,13H2,1-5H3,(H,22,24). The van der Waals surface area contributed by atoms with Gasteiger partial charge in [0.05, 0.1) is 4.90 Å². The van der Waals surface area contributed by atoms with Crippen LogP contribution in [0.3, 0.4) is 0 Å². The van der Waals surface area contributed by atoms with Crippen molar-refractivity contribution in [2.24, 2.45) is 0 Å². The van der Waals surface area contributed by atoms with E-state index in [2.05, 4.69) is 10.0 Å². The second-order valence-corrected chi connectivity index (χ2v) is 9.55. The van der Waals surface area contributed by atoms with Crippen LogP contribution in [0.5, 0.6) is 0 Å². The van der Waals surface area contributed by atoms with Gasteiger partial charge in [-0.15, -0.1) is 0 Å². The summed E-state index contributed by atoms with van der Waals surface area (Å²) >= 11 is 0. The van der Waals surface area contributed by atoms with E-state index in [4.69, 9.17) is 0 Å². The van der Waals surface area contributed by atoms with Crippen LogP contribution in [0.2, 0.25) is 0 Å². The van der Waals surface area contributed by atoms with Crippen molar-refractivity contribution >= 4 is 21.6 Å². The van der Waals surface area contributed by atoms with Gasteiger partial charge < -0.3 is 5.32 Å². The van der Waals surface area contributed by atoms with Crippen LogP contribution in [0.15, 0.2) is 47.4 Å². The summed E-state index contributed by atoms with van der Waals surface area (Å²) in [5.41, 5.74) is 3.38. The summed E-state index contributed by atoms with van der Waals surface area (Å²) in [6, 6.07) is 12.6. The SMILES string of the molecule is Cc1ccc(NC(=O)CCc2ccc(S(=O)(=O)NC(C)(C)C)cc2)c(C)c1. The molecule has 0 heterocycles. The van der Waals surface area contributed by atoms with Gasteiger partial charge in [-0.3, -0.25) is 4.79 Å². The molecular weight excluding hydrogens is 360 g/mol. The van der Waals surface area contributed by atoms with Gasteiger partial charge in [-0.1, -0.05) is 29.8 Å². The fourth-order valence-electron chi connectivity index (χ4n) is 2.72. The second kappa shape index (κ2) is 8.23. The van der Waals surface area contributed by atoms with Crippen LogP contribution < -0.4 is 10.0 Å². The molecule has 27 heavy (non-hydrogen) atoms. The molecule has 0 aliphatic rings. The smallest absolute Gasteiger partial charge is 0.241 e. The monoisotopic (exact) mass is 388 g/mol. The predicted molar refractivity (Wildman–Crippen MR) is 109 cm³/mol. The lowest BCUT2D eigenvalue weighted by molar-refractivity contribution is -0.116. The quantitative estimate of drug-likeness (QED) is 0.787. The van der Waals surface area contributed by atoms with Crippen molar-refractivity contribution < 1.29 is 13.2 Å². The zero-order valence-electron chi connectivity index (χ0n) is 16.6. The largest absolute Gasteiger partial charge is 0.326 e. The Bertz CT molecular complexity index is 911. The molecule has 0 saturated heterocycles. The molecule has 0 fully saturated rings. The maximum absolute atomic E-state index is 12.3. The third-order valence-electron chi connectivity index (χ3n) is 3.97. The van der Waals surface area contributed by atoms with E-state index in [-0.39, 0.29) is 10.8 Å². The molecule has 0 unspecified atom stereocenters. The number of rotatable bonds is 6. The van der Waals surface area contributed by atoms with E-state index in [9.17, 15) is 13.2 Å². The molecule has 1 amide bonds. The summed E-state index contributed by atoms with van der Waals surface area (Å²) in [7, 11) is -3.54. The Morgan fingerprint density at radius 2 is 1.63 bits per heavy atom. The van der Waals surface area contributed by atoms with E-state index < -0.39 is 15.6 Å². The highest BCUT2D eigenvalue weighted by atomic mass is 32.2. The Hall–Kier alpha value is -2.18. The number of hydrogen-bond donors (Lipinski definition) is 2. The van der Waals surface area contributed by atoms with Gasteiger partial charge in [-0.25, -0.2) is 13.1 Å². The van der Waals surface area contributed by atoms with Gasteiger partial charge >= 0.3 is 0 Å². The van der Waals surface area contributed by atoms with Crippen LogP contribution in [-0.2, 0) is 21.2 Å². The first-order chi connectivity index (χ1) is 12.5. The van der Waals surface area contributed by atoms with Crippen molar-refractivity contribution in [2.45, 2.75) is 57.9 Å². The number of amides is 1. The normalized spacial score (nSPS) is 12.0. The summed E-state index contributed by atoms with van der Waals surface area (Å²) < 4.78 is 27.2. The summed E-state index contributed by atoms with van der Waals surface area (Å²) in [5.74, 6) is -0.0620. The number of hydrogen-bond acceptors (Lipinski definition) is 3. The second-order valence-electron chi connectivity index (χ2n) is 7.87. The molecule has 0 radical (unpaired) electrons. The lowest BCUT2D eigenvalue weighted by atomic mass is 10.1. The molecule has 146 valence electrons. The number of carbonyl (C=O) groups excluding carboxylic acids is 1. The molecule has 0 bridgehead atoms. The van der Waals surface area contributed by atoms with Crippen molar-refractivity contribution in [2.75, 3.05) is 5.32 Å². The van der Waals surface area contributed by atoms with Gasteiger partial charge in [0.2, 0.25) is 15.9 Å². The minimum absolute atomic E-state index is 0.0620. The molecule has 2 aromatic carbocycles. The molecule has 6 heteroatoms. The third kappa shape index (κ3) is 6.48. The average Bonchev–Trinajstić information content (AvgIpc) is 2.54. The number of sulfonamides is 1. The van der Waals surface area contributed by atoms with E-state index >= 15 is 0 Å². The Labute approximate surface area is 162 Å². The van der Waals surface area contributed by atoms with Crippen LogP contribution in [0.1, 0.15) is 43.9 Å². The van der Waals surface area contributed by atoms with Gasteiger partial charge in [0.1, 0.15) is 0 Å². The highest BCUT2D eigenvalue weighted by molar-refractivity contribution is 7.89. The lowest BCUT2D eigenvalue weighted by Crippen LogP contribution is -2.40. The van der Waals surface area contributed by atoms with Gasteiger partial charge in [0.25, 0.3) is 0 Å². The molecule has 5 nitrogen and oxygen atoms in total.